The van der Waals surface area contributed by atoms with Crippen LogP contribution >= 0.6 is 0 Å². The fraction of sp³-hybridized carbons (Fsp3) is 0.591. The SMILES string of the molecule is OC1(C#Cc2cnc(-c3cn(CC4OCC5(CC5)CO4)nn3)c(OC3CC3)c2)CC1. The summed E-state index contributed by atoms with van der Waals surface area (Å²) in [5.74, 6) is 6.58. The molecule has 0 bridgehead atoms. The van der Waals surface area contributed by atoms with E-state index in [0.29, 0.717) is 23.7 Å². The summed E-state index contributed by atoms with van der Waals surface area (Å²) >= 11 is 0. The minimum absolute atomic E-state index is 0.218. The fourth-order valence-electron chi connectivity index (χ4n) is 3.44. The van der Waals surface area contributed by atoms with Crippen molar-refractivity contribution in [2.24, 2.45) is 5.41 Å². The number of hydrogen-bond donors (Lipinski definition) is 1. The van der Waals surface area contributed by atoms with Crippen LogP contribution in [0.2, 0.25) is 0 Å². The maximum atomic E-state index is 9.95. The topological polar surface area (TPSA) is 91.5 Å². The van der Waals surface area contributed by atoms with Crippen LogP contribution < -0.4 is 4.74 Å². The molecule has 0 atom stereocenters. The minimum Gasteiger partial charge on any atom is -0.488 e. The highest BCUT2D eigenvalue weighted by molar-refractivity contribution is 5.63. The van der Waals surface area contributed by atoms with Gasteiger partial charge in [0.2, 0.25) is 0 Å². The third-order valence-corrected chi connectivity index (χ3v) is 6.06. The first kappa shape index (κ1) is 18.3. The van der Waals surface area contributed by atoms with Crippen molar-refractivity contribution in [1.82, 2.24) is 20.0 Å². The Hall–Kier alpha value is -2.47. The second-order valence-electron chi connectivity index (χ2n) is 9.05. The Bertz CT molecular complexity index is 1020. The lowest BCUT2D eigenvalue weighted by atomic mass is 10.1. The zero-order valence-corrected chi connectivity index (χ0v) is 16.7. The average molecular weight is 408 g/mol. The van der Waals surface area contributed by atoms with Gasteiger partial charge in [-0.05, 0) is 44.6 Å². The van der Waals surface area contributed by atoms with Gasteiger partial charge in [-0.3, -0.25) is 0 Å². The molecule has 0 aromatic carbocycles. The zero-order valence-electron chi connectivity index (χ0n) is 16.7. The van der Waals surface area contributed by atoms with Crippen LogP contribution in [0, 0.1) is 17.3 Å². The number of rotatable bonds is 5. The molecule has 8 nitrogen and oxygen atoms in total. The molecule has 1 spiro atoms. The Labute approximate surface area is 174 Å². The Balaban J connectivity index is 1.20. The van der Waals surface area contributed by atoms with E-state index in [1.54, 1.807) is 10.9 Å². The van der Waals surface area contributed by atoms with Gasteiger partial charge in [0.25, 0.3) is 0 Å². The third-order valence-electron chi connectivity index (χ3n) is 6.06. The molecule has 30 heavy (non-hydrogen) atoms. The molecule has 0 amide bonds. The smallest absolute Gasteiger partial charge is 0.177 e. The zero-order chi connectivity index (χ0) is 20.2. The molecule has 0 radical (unpaired) electrons. The lowest BCUT2D eigenvalue weighted by Crippen LogP contribution is -2.36. The highest BCUT2D eigenvalue weighted by atomic mass is 16.7. The van der Waals surface area contributed by atoms with E-state index in [2.05, 4.69) is 27.1 Å². The van der Waals surface area contributed by atoms with E-state index in [1.165, 1.54) is 12.8 Å². The fourth-order valence-corrected chi connectivity index (χ4v) is 3.44. The summed E-state index contributed by atoms with van der Waals surface area (Å²) < 4.78 is 19.5. The van der Waals surface area contributed by atoms with Gasteiger partial charge in [-0.2, -0.15) is 0 Å². The molecule has 3 saturated carbocycles. The van der Waals surface area contributed by atoms with Crippen molar-refractivity contribution in [3.05, 3.63) is 24.0 Å². The molecule has 2 aromatic heterocycles. The van der Waals surface area contributed by atoms with E-state index >= 15 is 0 Å². The van der Waals surface area contributed by atoms with Gasteiger partial charge < -0.3 is 19.3 Å². The van der Waals surface area contributed by atoms with Crippen LogP contribution in [0.1, 0.15) is 44.1 Å². The lowest BCUT2D eigenvalue weighted by molar-refractivity contribution is -0.213. The number of ether oxygens (including phenoxy) is 3. The summed E-state index contributed by atoms with van der Waals surface area (Å²) in [7, 11) is 0. The normalized spacial score (nSPS) is 23.6. The summed E-state index contributed by atoms with van der Waals surface area (Å²) in [6, 6.07) is 1.88. The second-order valence-corrected chi connectivity index (χ2v) is 9.05. The first-order valence-corrected chi connectivity index (χ1v) is 10.6. The van der Waals surface area contributed by atoms with E-state index in [-0.39, 0.29) is 17.8 Å². The molecule has 2 aromatic rings. The van der Waals surface area contributed by atoms with E-state index in [0.717, 1.165) is 44.5 Å². The standard InChI is InChI=1S/C22H24N4O4/c27-22(7-8-22)4-3-15-9-18(30-16-1-2-16)20(23-10-15)17-11-26(25-24-17)12-19-28-13-21(5-6-21)14-29-19/h9-11,16,19,27H,1-2,5-8,12-14H2. The van der Waals surface area contributed by atoms with Gasteiger partial charge in [-0.15, -0.1) is 5.10 Å². The Morgan fingerprint density at radius 3 is 2.70 bits per heavy atom. The molecule has 4 aliphatic rings. The van der Waals surface area contributed by atoms with Crippen LogP contribution in [-0.4, -0.2) is 56.3 Å². The van der Waals surface area contributed by atoms with Gasteiger partial charge in [-0.25, -0.2) is 9.67 Å². The van der Waals surface area contributed by atoms with Crippen molar-refractivity contribution in [1.29, 1.82) is 0 Å². The number of aromatic nitrogens is 4. The van der Waals surface area contributed by atoms with Crippen LogP contribution in [0.3, 0.4) is 0 Å². The van der Waals surface area contributed by atoms with Gasteiger partial charge in [0.15, 0.2) is 6.29 Å². The van der Waals surface area contributed by atoms with E-state index in [4.69, 9.17) is 14.2 Å². The molecule has 156 valence electrons. The van der Waals surface area contributed by atoms with E-state index in [9.17, 15) is 5.11 Å². The van der Waals surface area contributed by atoms with Crippen LogP contribution in [0.15, 0.2) is 18.5 Å². The molecule has 4 fully saturated rings. The first-order valence-electron chi connectivity index (χ1n) is 10.6. The van der Waals surface area contributed by atoms with Crippen LogP contribution in [-0.2, 0) is 16.0 Å². The second kappa shape index (κ2) is 6.77. The summed E-state index contributed by atoms with van der Waals surface area (Å²) in [6.45, 7) is 2.01. The minimum atomic E-state index is -0.818. The highest BCUT2D eigenvalue weighted by Gasteiger charge is 2.47. The Morgan fingerprint density at radius 2 is 2.00 bits per heavy atom. The highest BCUT2D eigenvalue weighted by Crippen LogP contribution is 2.48. The lowest BCUT2D eigenvalue weighted by Gasteiger charge is -2.29. The summed E-state index contributed by atoms with van der Waals surface area (Å²) in [4.78, 5) is 4.55. The number of aliphatic hydroxyl groups is 1. The van der Waals surface area contributed by atoms with Crippen LogP contribution in [0.5, 0.6) is 5.75 Å². The molecule has 3 heterocycles. The molecule has 1 aliphatic heterocycles. The van der Waals surface area contributed by atoms with Crippen LogP contribution in [0.25, 0.3) is 11.4 Å². The van der Waals surface area contributed by atoms with Crippen molar-refractivity contribution in [2.75, 3.05) is 13.2 Å². The molecule has 3 aliphatic carbocycles. The van der Waals surface area contributed by atoms with Gasteiger partial charge in [0.05, 0.1) is 32.1 Å². The van der Waals surface area contributed by atoms with Gasteiger partial charge >= 0.3 is 0 Å². The van der Waals surface area contributed by atoms with Crippen molar-refractivity contribution >= 4 is 0 Å². The number of hydrogen-bond acceptors (Lipinski definition) is 7. The van der Waals surface area contributed by atoms with Crippen LogP contribution in [0.4, 0.5) is 0 Å². The predicted molar refractivity (Wildman–Crippen MR) is 105 cm³/mol. The monoisotopic (exact) mass is 408 g/mol. The van der Waals surface area contributed by atoms with E-state index < -0.39 is 5.60 Å². The maximum Gasteiger partial charge on any atom is 0.177 e. The molecule has 8 heteroatoms. The van der Waals surface area contributed by atoms with Crippen molar-refractivity contribution < 1.29 is 19.3 Å². The van der Waals surface area contributed by atoms with Crippen molar-refractivity contribution in [3.8, 4) is 29.0 Å². The molecular weight excluding hydrogens is 384 g/mol. The van der Waals surface area contributed by atoms with Gasteiger partial charge in [0, 0.05) is 17.2 Å². The van der Waals surface area contributed by atoms with Gasteiger partial charge in [-0.1, -0.05) is 17.1 Å². The number of nitrogens with zero attached hydrogens (tertiary/aromatic N) is 4. The van der Waals surface area contributed by atoms with E-state index in [1.807, 2.05) is 12.3 Å². The quantitative estimate of drug-likeness (QED) is 0.756. The maximum absolute atomic E-state index is 9.95. The molecular formula is C22H24N4O4. The van der Waals surface area contributed by atoms with Crippen molar-refractivity contribution in [3.63, 3.8) is 0 Å². The molecule has 0 unspecified atom stereocenters. The Morgan fingerprint density at radius 1 is 1.20 bits per heavy atom. The third kappa shape index (κ3) is 3.93. The summed E-state index contributed by atoms with van der Waals surface area (Å²) in [5, 5.41) is 18.5. The van der Waals surface area contributed by atoms with Gasteiger partial charge in [0.1, 0.15) is 22.7 Å². The first-order chi connectivity index (χ1) is 14.6. The predicted octanol–water partition coefficient (Wildman–Crippen LogP) is 1.91. The van der Waals surface area contributed by atoms with Crippen molar-refractivity contribution in [2.45, 2.75) is 63.1 Å². The largest absolute Gasteiger partial charge is 0.488 e. The number of pyridine rings is 1. The summed E-state index contributed by atoms with van der Waals surface area (Å²) in [6.07, 6.45) is 9.39. The molecule has 6 rings (SSSR count). The average Bonchev–Trinajstić information content (AvgIpc) is 3.69. The summed E-state index contributed by atoms with van der Waals surface area (Å²) in [5.41, 5.74) is 1.47. The molecule has 1 saturated heterocycles. The molecule has 1 N–H and O–H groups in total. The Kier molecular flexibility index (Phi) is 4.13.